The van der Waals surface area contributed by atoms with Crippen LogP contribution in [0.3, 0.4) is 0 Å². The van der Waals surface area contributed by atoms with Gasteiger partial charge in [-0.15, -0.1) is 0 Å². The van der Waals surface area contributed by atoms with Gasteiger partial charge in [0.1, 0.15) is 0 Å². The van der Waals surface area contributed by atoms with Crippen molar-refractivity contribution < 1.29 is 0 Å². The Bertz CT molecular complexity index is 767. The van der Waals surface area contributed by atoms with Crippen LogP contribution in [0.1, 0.15) is 20.8 Å². The summed E-state index contributed by atoms with van der Waals surface area (Å²) < 4.78 is 0. The van der Waals surface area contributed by atoms with Crippen molar-refractivity contribution in [1.29, 1.82) is 0 Å². The molecule has 2 atom stereocenters. The Balaban J connectivity index is 2.01. The van der Waals surface area contributed by atoms with Crippen LogP contribution in [-0.4, -0.2) is 0 Å². The summed E-state index contributed by atoms with van der Waals surface area (Å²) in [6, 6.07) is 0. The molecule has 2 unspecified atom stereocenters. The Hall–Kier alpha value is -2.08. The quantitative estimate of drug-likeness (QED) is 0.601. The standard InChI is InChI=1S/C21H20/c1-4-13(2)19-14(3)12-17-9-8-15-6-5-7-16-10-11-18(19)21(17)20(15)16/h4-12,20-21H,1-3H3. The lowest BCUT2D eigenvalue weighted by Gasteiger charge is -2.41. The Morgan fingerprint density at radius 3 is 2.52 bits per heavy atom. The lowest BCUT2D eigenvalue weighted by atomic mass is 9.62. The molecular formula is C21H20. The van der Waals surface area contributed by atoms with Gasteiger partial charge < -0.3 is 0 Å². The molecule has 0 heteroatoms. The van der Waals surface area contributed by atoms with Crippen LogP contribution in [0.4, 0.5) is 0 Å². The summed E-state index contributed by atoms with van der Waals surface area (Å²) in [5, 5.41) is 0. The van der Waals surface area contributed by atoms with Crippen molar-refractivity contribution in [2.24, 2.45) is 11.8 Å². The van der Waals surface area contributed by atoms with E-state index in [2.05, 4.69) is 75.5 Å². The van der Waals surface area contributed by atoms with E-state index < -0.39 is 0 Å². The van der Waals surface area contributed by atoms with Gasteiger partial charge in [-0.05, 0) is 59.8 Å². The average molecular weight is 272 g/mol. The predicted molar refractivity (Wildman–Crippen MR) is 89.7 cm³/mol. The van der Waals surface area contributed by atoms with Crippen molar-refractivity contribution in [2.45, 2.75) is 20.8 Å². The third kappa shape index (κ3) is 1.68. The Labute approximate surface area is 126 Å². The van der Waals surface area contributed by atoms with Gasteiger partial charge in [0.2, 0.25) is 0 Å². The van der Waals surface area contributed by atoms with E-state index in [-0.39, 0.29) is 0 Å². The molecule has 0 radical (unpaired) electrons. The fraction of sp³-hybridized carbons (Fsp3) is 0.238. The summed E-state index contributed by atoms with van der Waals surface area (Å²) in [7, 11) is 0. The molecule has 4 aliphatic carbocycles. The topological polar surface area (TPSA) is 0 Å². The normalized spacial score (nSPS) is 29.6. The van der Waals surface area contributed by atoms with E-state index in [1.807, 2.05) is 0 Å². The fourth-order valence-electron chi connectivity index (χ4n) is 4.12. The first-order chi connectivity index (χ1) is 10.2. The van der Waals surface area contributed by atoms with Gasteiger partial charge in [-0.25, -0.2) is 0 Å². The van der Waals surface area contributed by atoms with Crippen molar-refractivity contribution >= 4 is 0 Å². The van der Waals surface area contributed by atoms with Gasteiger partial charge in [0.05, 0.1) is 0 Å². The van der Waals surface area contributed by atoms with Gasteiger partial charge in [-0.2, -0.15) is 0 Å². The van der Waals surface area contributed by atoms with E-state index in [1.54, 1.807) is 0 Å². The summed E-state index contributed by atoms with van der Waals surface area (Å²) >= 11 is 0. The predicted octanol–water partition coefficient (Wildman–Crippen LogP) is 5.37. The molecule has 0 aromatic heterocycles. The molecule has 4 aliphatic rings. The van der Waals surface area contributed by atoms with Crippen LogP contribution >= 0.6 is 0 Å². The summed E-state index contributed by atoms with van der Waals surface area (Å²) in [5.41, 5.74) is 10.1. The monoisotopic (exact) mass is 272 g/mol. The van der Waals surface area contributed by atoms with E-state index in [0.717, 1.165) is 0 Å². The molecule has 4 rings (SSSR count). The largest absolute Gasteiger partial charge is 0.0841 e. The molecule has 0 spiro atoms. The van der Waals surface area contributed by atoms with Gasteiger partial charge in [0.15, 0.2) is 0 Å². The summed E-state index contributed by atoms with van der Waals surface area (Å²) in [6.07, 6.45) is 20.6. The lowest BCUT2D eigenvalue weighted by molar-refractivity contribution is 0.559. The molecule has 0 aromatic rings. The van der Waals surface area contributed by atoms with Crippen LogP contribution in [0.2, 0.25) is 0 Å². The minimum Gasteiger partial charge on any atom is -0.0841 e. The van der Waals surface area contributed by atoms with Gasteiger partial charge in [-0.1, -0.05) is 54.7 Å². The van der Waals surface area contributed by atoms with Crippen LogP contribution in [0.15, 0.2) is 93.7 Å². The highest BCUT2D eigenvalue weighted by Crippen LogP contribution is 2.51. The second-order valence-corrected chi connectivity index (χ2v) is 6.28. The van der Waals surface area contributed by atoms with E-state index in [0.29, 0.717) is 11.8 Å². The molecule has 0 fully saturated rings. The molecule has 0 aromatic carbocycles. The zero-order valence-electron chi connectivity index (χ0n) is 12.9. The lowest BCUT2D eigenvalue weighted by Crippen LogP contribution is -2.30. The highest BCUT2D eigenvalue weighted by molar-refractivity contribution is 5.66. The van der Waals surface area contributed by atoms with Crippen molar-refractivity contribution in [3.05, 3.63) is 93.7 Å². The minimum atomic E-state index is 0.500. The van der Waals surface area contributed by atoms with E-state index in [4.69, 9.17) is 0 Å². The van der Waals surface area contributed by atoms with Crippen molar-refractivity contribution in [3.63, 3.8) is 0 Å². The molecule has 0 nitrogen and oxygen atoms in total. The Morgan fingerprint density at radius 2 is 1.71 bits per heavy atom. The first-order valence-corrected chi connectivity index (χ1v) is 7.75. The van der Waals surface area contributed by atoms with E-state index in [1.165, 1.54) is 39.0 Å². The smallest absolute Gasteiger partial charge is 0.0205 e. The second kappa shape index (κ2) is 4.46. The molecule has 0 amide bonds. The average Bonchev–Trinajstić information content (AvgIpc) is 2.51. The van der Waals surface area contributed by atoms with Gasteiger partial charge in [-0.3, -0.25) is 0 Å². The van der Waals surface area contributed by atoms with Crippen LogP contribution < -0.4 is 0 Å². The molecule has 0 heterocycles. The van der Waals surface area contributed by atoms with Crippen molar-refractivity contribution in [2.75, 3.05) is 0 Å². The Morgan fingerprint density at radius 1 is 0.952 bits per heavy atom. The first-order valence-electron chi connectivity index (χ1n) is 7.75. The number of allylic oxidation sites excluding steroid dienone is 16. The maximum absolute atomic E-state index is 2.39. The summed E-state index contributed by atoms with van der Waals surface area (Å²) in [5.74, 6) is 1.01. The zero-order valence-corrected chi connectivity index (χ0v) is 12.9. The second-order valence-electron chi connectivity index (χ2n) is 6.28. The molecule has 0 saturated heterocycles. The number of hydrogen-bond donors (Lipinski definition) is 0. The summed E-state index contributed by atoms with van der Waals surface area (Å²) in [6.45, 7) is 6.61. The number of rotatable bonds is 1. The van der Waals surface area contributed by atoms with E-state index >= 15 is 0 Å². The van der Waals surface area contributed by atoms with Crippen LogP contribution in [-0.2, 0) is 0 Å². The van der Waals surface area contributed by atoms with Crippen LogP contribution in [0.5, 0.6) is 0 Å². The van der Waals surface area contributed by atoms with Gasteiger partial charge >= 0.3 is 0 Å². The minimum absolute atomic E-state index is 0.500. The van der Waals surface area contributed by atoms with E-state index in [9.17, 15) is 0 Å². The molecule has 104 valence electrons. The van der Waals surface area contributed by atoms with Crippen LogP contribution in [0.25, 0.3) is 0 Å². The first kappa shape index (κ1) is 12.6. The van der Waals surface area contributed by atoms with Crippen LogP contribution in [0, 0.1) is 11.8 Å². The van der Waals surface area contributed by atoms with Gasteiger partial charge in [0, 0.05) is 11.8 Å². The highest BCUT2D eigenvalue weighted by Gasteiger charge is 2.39. The molecule has 0 bridgehead atoms. The molecule has 0 aliphatic heterocycles. The third-order valence-electron chi connectivity index (χ3n) is 5.14. The highest BCUT2D eigenvalue weighted by atomic mass is 14.4. The van der Waals surface area contributed by atoms with Crippen molar-refractivity contribution in [3.8, 4) is 0 Å². The molecule has 21 heavy (non-hydrogen) atoms. The zero-order chi connectivity index (χ0) is 14.6. The maximum atomic E-state index is 2.39. The number of hydrogen-bond acceptors (Lipinski definition) is 0. The molecular weight excluding hydrogens is 252 g/mol. The Kier molecular flexibility index (Phi) is 2.68. The summed E-state index contributed by atoms with van der Waals surface area (Å²) in [4.78, 5) is 0. The SMILES string of the molecule is CC=C(C)C1=C2C=CC3=CC=CC4=CC=C(C=C1C)C2C34. The van der Waals surface area contributed by atoms with Crippen molar-refractivity contribution in [1.82, 2.24) is 0 Å². The molecule has 0 N–H and O–H groups in total. The van der Waals surface area contributed by atoms with Gasteiger partial charge in [0.25, 0.3) is 0 Å². The maximum Gasteiger partial charge on any atom is 0.0205 e. The third-order valence-corrected chi connectivity index (χ3v) is 5.14. The molecule has 0 saturated carbocycles. The fourth-order valence-corrected chi connectivity index (χ4v) is 4.12.